The Kier molecular flexibility index (Phi) is 7.32. The van der Waals surface area contributed by atoms with E-state index >= 15 is 0 Å². The topological polar surface area (TPSA) is 57.7 Å². The lowest BCUT2D eigenvalue weighted by Crippen LogP contribution is -2.43. The number of nitrogens with one attached hydrogen (secondary N) is 1. The predicted octanol–water partition coefficient (Wildman–Crippen LogP) is 3.92. The molecule has 0 aliphatic carbocycles. The summed E-state index contributed by atoms with van der Waals surface area (Å²) >= 11 is 1.29. The van der Waals surface area contributed by atoms with Crippen molar-refractivity contribution in [2.45, 2.75) is 19.2 Å². The highest BCUT2D eigenvalue weighted by Crippen LogP contribution is 2.29. The number of aromatic nitrogens is 1. The molecule has 164 valence electrons. The van der Waals surface area contributed by atoms with E-state index in [0.29, 0.717) is 16.4 Å². The quantitative estimate of drug-likeness (QED) is 0.705. The maximum atomic E-state index is 12.7. The van der Waals surface area contributed by atoms with Crippen molar-refractivity contribution in [1.29, 1.82) is 0 Å². The number of carbonyl (C=O) groups is 1. The third-order valence-corrected chi connectivity index (χ3v) is 5.62. The van der Waals surface area contributed by atoms with Gasteiger partial charge >= 0.3 is 6.36 Å². The summed E-state index contributed by atoms with van der Waals surface area (Å²) in [5.74, 6) is -0.405. The summed E-state index contributed by atoms with van der Waals surface area (Å²) < 4.78 is 40.7. The normalized spacial score (nSPS) is 17.9. The lowest BCUT2D eigenvalue weighted by atomic mass is 9.97. The first-order chi connectivity index (χ1) is 14.2. The summed E-state index contributed by atoms with van der Waals surface area (Å²) in [7, 11) is 4.07. The van der Waals surface area contributed by atoms with E-state index in [1.54, 1.807) is 5.38 Å². The van der Waals surface area contributed by atoms with E-state index in [9.17, 15) is 18.0 Å². The van der Waals surface area contributed by atoms with Crippen LogP contribution in [-0.2, 0) is 4.79 Å². The fourth-order valence-corrected chi connectivity index (χ4v) is 4.04. The van der Waals surface area contributed by atoms with Crippen LogP contribution in [0.3, 0.4) is 0 Å². The maximum absolute atomic E-state index is 12.7. The van der Waals surface area contributed by atoms with Gasteiger partial charge in [-0.1, -0.05) is 0 Å². The number of nitrogens with zero attached hydrogens (tertiary/aromatic N) is 3. The molecule has 1 unspecified atom stereocenters. The SMILES string of the molecule is CN(C)CCN1CCCC(C(=O)Nc2nc(-c3ccc(OC(F)(F)F)cc3)cs2)C1. The Bertz CT molecular complexity index is 839. The van der Waals surface area contributed by atoms with E-state index in [0.717, 1.165) is 39.0 Å². The van der Waals surface area contributed by atoms with E-state index in [4.69, 9.17) is 0 Å². The summed E-state index contributed by atoms with van der Waals surface area (Å²) in [5.41, 5.74) is 1.24. The average Bonchev–Trinajstić information content (AvgIpc) is 3.14. The molecule has 0 spiro atoms. The number of piperidine rings is 1. The van der Waals surface area contributed by atoms with Crippen LogP contribution in [0, 0.1) is 5.92 Å². The largest absolute Gasteiger partial charge is 0.573 e. The molecule has 1 saturated heterocycles. The van der Waals surface area contributed by atoms with Crippen molar-refractivity contribution >= 4 is 22.4 Å². The monoisotopic (exact) mass is 442 g/mol. The van der Waals surface area contributed by atoms with Crippen molar-refractivity contribution < 1.29 is 22.7 Å². The molecular formula is C20H25F3N4O2S. The molecule has 10 heteroatoms. The molecule has 1 atom stereocenters. The number of rotatable bonds is 7. The smallest absolute Gasteiger partial charge is 0.406 e. The molecule has 2 aromatic rings. The highest BCUT2D eigenvalue weighted by Gasteiger charge is 2.31. The van der Waals surface area contributed by atoms with Crippen molar-refractivity contribution in [2.24, 2.45) is 5.92 Å². The minimum absolute atomic E-state index is 0.0422. The van der Waals surface area contributed by atoms with Gasteiger partial charge < -0.3 is 19.9 Å². The van der Waals surface area contributed by atoms with Gasteiger partial charge in [0.2, 0.25) is 5.91 Å². The number of amides is 1. The lowest BCUT2D eigenvalue weighted by molar-refractivity contribution is -0.274. The van der Waals surface area contributed by atoms with Crippen molar-refractivity contribution in [1.82, 2.24) is 14.8 Å². The number of anilines is 1. The number of likely N-dealkylation sites (tertiary alicyclic amines) is 1. The van der Waals surface area contributed by atoms with Crippen molar-refractivity contribution in [2.75, 3.05) is 45.6 Å². The van der Waals surface area contributed by atoms with E-state index in [1.807, 2.05) is 14.1 Å². The van der Waals surface area contributed by atoms with Crippen LogP contribution in [0.25, 0.3) is 11.3 Å². The van der Waals surface area contributed by atoms with Gasteiger partial charge in [0.1, 0.15) is 5.75 Å². The number of benzene rings is 1. The second-order valence-electron chi connectivity index (χ2n) is 7.54. The highest BCUT2D eigenvalue weighted by molar-refractivity contribution is 7.14. The molecule has 3 rings (SSSR count). The minimum atomic E-state index is -4.72. The van der Waals surface area contributed by atoms with Gasteiger partial charge in [-0.15, -0.1) is 24.5 Å². The van der Waals surface area contributed by atoms with Crippen molar-refractivity contribution in [3.63, 3.8) is 0 Å². The zero-order valence-corrected chi connectivity index (χ0v) is 17.7. The number of likely N-dealkylation sites (N-methyl/N-ethyl adjacent to an activating group) is 1. The number of carbonyl (C=O) groups excluding carboxylic acids is 1. The molecule has 0 radical (unpaired) electrons. The van der Waals surface area contributed by atoms with Crippen LogP contribution in [0.5, 0.6) is 5.75 Å². The third-order valence-electron chi connectivity index (χ3n) is 4.86. The van der Waals surface area contributed by atoms with Crippen LogP contribution < -0.4 is 10.1 Å². The number of hydrogen-bond donors (Lipinski definition) is 1. The molecule has 1 fully saturated rings. The Labute approximate surface area is 177 Å². The first kappa shape index (κ1) is 22.5. The Hall–Kier alpha value is -2.17. The Morgan fingerprint density at radius 3 is 2.73 bits per heavy atom. The lowest BCUT2D eigenvalue weighted by Gasteiger charge is -2.32. The maximum Gasteiger partial charge on any atom is 0.573 e. The molecule has 1 aliphatic rings. The van der Waals surface area contributed by atoms with E-state index in [1.165, 1.54) is 35.6 Å². The van der Waals surface area contributed by atoms with Gasteiger partial charge in [-0.2, -0.15) is 0 Å². The molecule has 6 nitrogen and oxygen atoms in total. The van der Waals surface area contributed by atoms with Gasteiger partial charge in [0.15, 0.2) is 5.13 Å². The first-order valence-electron chi connectivity index (χ1n) is 9.69. The zero-order chi connectivity index (χ0) is 21.7. The molecule has 0 bridgehead atoms. The molecular weight excluding hydrogens is 417 g/mol. The van der Waals surface area contributed by atoms with E-state index < -0.39 is 6.36 Å². The molecule has 1 aromatic heterocycles. The van der Waals surface area contributed by atoms with Gasteiger partial charge in [-0.3, -0.25) is 4.79 Å². The molecule has 1 aromatic carbocycles. The fourth-order valence-electron chi connectivity index (χ4n) is 3.31. The van der Waals surface area contributed by atoms with Crippen molar-refractivity contribution in [3.8, 4) is 17.0 Å². The Morgan fingerprint density at radius 2 is 2.07 bits per heavy atom. The number of thiazole rings is 1. The average molecular weight is 443 g/mol. The summed E-state index contributed by atoms with van der Waals surface area (Å²) in [6, 6.07) is 5.49. The molecule has 1 aliphatic heterocycles. The third kappa shape index (κ3) is 6.68. The Balaban J connectivity index is 1.56. The predicted molar refractivity (Wildman–Crippen MR) is 111 cm³/mol. The van der Waals surface area contributed by atoms with Gasteiger partial charge in [0, 0.05) is 30.6 Å². The summed E-state index contributed by atoms with van der Waals surface area (Å²) in [6.07, 6.45) is -2.88. The molecule has 2 heterocycles. The number of ether oxygens (including phenoxy) is 1. The van der Waals surface area contributed by atoms with Crippen molar-refractivity contribution in [3.05, 3.63) is 29.6 Å². The van der Waals surface area contributed by atoms with Crippen LogP contribution in [0.2, 0.25) is 0 Å². The number of halogens is 3. The number of alkyl halides is 3. The van der Waals surface area contributed by atoms with Gasteiger partial charge in [-0.05, 0) is 57.7 Å². The number of hydrogen-bond acceptors (Lipinski definition) is 6. The van der Waals surface area contributed by atoms with Gasteiger partial charge in [-0.25, -0.2) is 4.98 Å². The van der Waals surface area contributed by atoms with Crippen LogP contribution in [0.15, 0.2) is 29.6 Å². The molecule has 0 saturated carbocycles. The van der Waals surface area contributed by atoms with Crippen LogP contribution in [0.1, 0.15) is 12.8 Å². The van der Waals surface area contributed by atoms with Crippen LogP contribution in [0.4, 0.5) is 18.3 Å². The molecule has 1 N–H and O–H groups in total. The highest BCUT2D eigenvalue weighted by atomic mass is 32.1. The standard InChI is InChI=1S/C20H25F3N4O2S/c1-26(2)10-11-27-9-3-4-15(12-27)18(28)25-19-24-17(13-30-19)14-5-7-16(8-6-14)29-20(21,22)23/h5-8,13,15H,3-4,9-12H2,1-2H3,(H,24,25,28). The molecule has 30 heavy (non-hydrogen) atoms. The van der Waals surface area contributed by atoms with Gasteiger partial charge in [0.25, 0.3) is 0 Å². The summed E-state index contributed by atoms with van der Waals surface area (Å²) in [4.78, 5) is 21.5. The minimum Gasteiger partial charge on any atom is -0.406 e. The van der Waals surface area contributed by atoms with Gasteiger partial charge in [0.05, 0.1) is 11.6 Å². The zero-order valence-electron chi connectivity index (χ0n) is 16.9. The van der Waals surface area contributed by atoms with Crippen LogP contribution >= 0.6 is 11.3 Å². The molecule has 1 amide bonds. The summed E-state index contributed by atoms with van der Waals surface area (Å²) in [6.45, 7) is 3.63. The van der Waals surface area contributed by atoms with E-state index in [2.05, 4.69) is 24.8 Å². The second-order valence-corrected chi connectivity index (χ2v) is 8.40. The first-order valence-corrected chi connectivity index (χ1v) is 10.6. The second kappa shape index (κ2) is 9.76. The summed E-state index contributed by atoms with van der Waals surface area (Å²) in [5, 5.41) is 5.13. The van der Waals surface area contributed by atoms with E-state index in [-0.39, 0.29) is 17.6 Å². The Morgan fingerprint density at radius 1 is 1.33 bits per heavy atom. The van der Waals surface area contributed by atoms with Crippen LogP contribution in [-0.4, -0.2) is 67.3 Å². The fraction of sp³-hybridized carbons (Fsp3) is 0.500.